The maximum absolute atomic E-state index is 2.49. The number of unbranched alkanes of at least 4 members (excludes halogenated alkanes) is 1. The van der Waals surface area contributed by atoms with Gasteiger partial charge in [0.1, 0.15) is 0 Å². The van der Waals surface area contributed by atoms with Gasteiger partial charge in [0, 0.05) is 0 Å². The normalized spacial score (nSPS) is 20.3. The molecule has 0 radical (unpaired) electrons. The van der Waals surface area contributed by atoms with Crippen LogP contribution in [-0.2, 0) is 10.8 Å². The molecule has 0 saturated heterocycles. The summed E-state index contributed by atoms with van der Waals surface area (Å²) < 4.78 is 0. The summed E-state index contributed by atoms with van der Waals surface area (Å²) in [5.41, 5.74) is 7.96. The minimum Gasteiger partial charge on any atom is -0.0798 e. The highest BCUT2D eigenvalue weighted by atomic mass is 14.4. The summed E-state index contributed by atoms with van der Waals surface area (Å²) >= 11 is 0. The highest BCUT2D eigenvalue weighted by Gasteiger charge is 2.36. The first-order chi connectivity index (χ1) is 12.7. The summed E-state index contributed by atoms with van der Waals surface area (Å²) in [5, 5.41) is 0. The summed E-state index contributed by atoms with van der Waals surface area (Å²) in [6, 6.07) is 7.25. The lowest BCUT2D eigenvalue weighted by Gasteiger charge is -2.42. The SMILES string of the molecule is C/C=C(\C=C(/C)C(CC)CCCC)c1ccc2c(c1)C(C)(C)CCC2(C)C. The molecule has 150 valence electrons. The minimum absolute atomic E-state index is 0.269. The Bertz CT molecular complexity index is 697. The predicted octanol–water partition coefficient (Wildman–Crippen LogP) is 8.60. The molecule has 0 fully saturated rings. The zero-order chi connectivity index (χ0) is 20.2. The van der Waals surface area contributed by atoms with Crippen LogP contribution in [0.2, 0.25) is 0 Å². The van der Waals surface area contributed by atoms with E-state index in [1.54, 1.807) is 11.1 Å². The van der Waals surface area contributed by atoms with E-state index in [4.69, 9.17) is 0 Å². The molecule has 0 N–H and O–H groups in total. The number of hydrogen-bond acceptors (Lipinski definition) is 0. The number of fused-ring (bicyclic) bond motifs is 1. The van der Waals surface area contributed by atoms with Crippen molar-refractivity contribution in [1.82, 2.24) is 0 Å². The second-order valence-corrected chi connectivity index (χ2v) is 9.91. The van der Waals surface area contributed by atoms with Gasteiger partial charge in [-0.15, -0.1) is 0 Å². The Labute approximate surface area is 169 Å². The first kappa shape index (κ1) is 22.0. The van der Waals surface area contributed by atoms with Crippen LogP contribution < -0.4 is 0 Å². The maximum atomic E-state index is 2.49. The third kappa shape index (κ3) is 4.95. The van der Waals surface area contributed by atoms with E-state index in [9.17, 15) is 0 Å². The van der Waals surface area contributed by atoms with Crippen molar-refractivity contribution in [2.24, 2.45) is 5.92 Å². The molecule has 0 nitrogen and oxygen atoms in total. The molecule has 1 aromatic carbocycles. The first-order valence-electron chi connectivity index (χ1n) is 11.2. The third-order valence-electron chi connectivity index (χ3n) is 6.92. The smallest absolute Gasteiger partial charge is 0.0100 e. The van der Waals surface area contributed by atoms with Gasteiger partial charge in [-0.1, -0.05) is 90.3 Å². The fourth-order valence-electron chi connectivity index (χ4n) is 4.67. The second-order valence-electron chi connectivity index (χ2n) is 9.91. The van der Waals surface area contributed by atoms with Gasteiger partial charge in [-0.25, -0.2) is 0 Å². The van der Waals surface area contributed by atoms with E-state index in [1.165, 1.54) is 55.2 Å². The molecule has 0 aromatic heterocycles. The molecule has 1 aliphatic rings. The average molecular weight is 367 g/mol. The van der Waals surface area contributed by atoms with Crippen molar-refractivity contribution in [2.75, 3.05) is 0 Å². The number of rotatable bonds is 7. The molecule has 1 aliphatic carbocycles. The lowest BCUT2D eigenvalue weighted by molar-refractivity contribution is 0.332. The Balaban J connectivity index is 2.40. The van der Waals surface area contributed by atoms with Crippen molar-refractivity contribution >= 4 is 5.57 Å². The van der Waals surface area contributed by atoms with Gasteiger partial charge in [0.15, 0.2) is 0 Å². The Kier molecular flexibility index (Phi) is 7.17. The standard InChI is InChI=1S/C27H42/c1-9-12-13-21(10-2)20(4)18-22(11-3)23-14-15-24-25(19-23)27(7,8)17-16-26(24,5)6/h11,14-15,18-19,21H,9-10,12-13,16-17H2,1-8H3/b20-18+,22-11+. The topological polar surface area (TPSA) is 0 Å². The lowest BCUT2D eigenvalue weighted by Crippen LogP contribution is -2.33. The average Bonchev–Trinajstić information content (AvgIpc) is 2.64. The van der Waals surface area contributed by atoms with Crippen molar-refractivity contribution in [3.05, 3.63) is 52.6 Å². The van der Waals surface area contributed by atoms with Crippen molar-refractivity contribution in [3.63, 3.8) is 0 Å². The van der Waals surface area contributed by atoms with Crippen molar-refractivity contribution in [2.45, 2.75) is 105 Å². The van der Waals surface area contributed by atoms with Crippen LogP contribution in [0.1, 0.15) is 111 Å². The van der Waals surface area contributed by atoms with Gasteiger partial charge >= 0.3 is 0 Å². The van der Waals surface area contributed by atoms with Crippen molar-refractivity contribution in [1.29, 1.82) is 0 Å². The Morgan fingerprint density at radius 3 is 2.22 bits per heavy atom. The number of benzene rings is 1. The predicted molar refractivity (Wildman–Crippen MR) is 122 cm³/mol. The third-order valence-corrected chi connectivity index (χ3v) is 6.92. The van der Waals surface area contributed by atoms with E-state index in [0.717, 1.165) is 0 Å². The summed E-state index contributed by atoms with van der Waals surface area (Å²) in [5.74, 6) is 0.716. The largest absolute Gasteiger partial charge is 0.0798 e. The maximum Gasteiger partial charge on any atom is -0.0100 e. The van der Waals surface area contributed by atoms with Gasteiger partial charge in [0.25, 0.3) is 0 Å². The highest BCUT2D eigenvalue weighted by molar-refractivity contribution is 5.75. The quantitative estimate of drug-likeness (QED) is 0.424. The van der Waals surface area contributed by atoms with E-state index < -0.39 is 0 Å². The molecule has 1 unspecified atom stereocenters. The molecule has 2 rings (SSSR count). The Morgan fingerprint density at radius 2 is 1.67 bits per heavy atom. The minimum atomic E-state index is 0.269. The van der Waals surface area contributed by atoms with Crippen LogP contribution in [0.15, 0.2) is 35.9 Å². The summed E-state index contributed by atoms with van der Waals surface area (Å²) in [6.45, 7) is 18.8. The number of allylic oxidation sites excluding steroid dienone is 4. The molecule has 0 saturated carbocycles. The fraction of sp³-hybridized carbons (Fsp3) is 0.630. The molecule has 0 heterocycles. The molecule has 0 bridgehead atoms. The van der Waals surface area contributed by atoms with Crippen LogP contribution in [0.4, 0.5) is 0 Å². The van der Waals surface area contributed by atoms with Crippen LogP contribution in [0.5, 0.6) is 0 Å². The molecular weight excluding hydrogens is 324 g/mol. The molecular formula is C27H42. The molecule has 0 spiro atoms. The van der Waals surface area contributed by atoms with Crippen LogP contribution >= 0.6 is 0 Å². The zero-order valence-corrected chi connectivity index (χ0v) is 19.2. The van der Waals surface area contributed by atoms with E-state index in [-0.39, 0.29) is 5.41 Å². The van der Waals surface area contributed by atoms with Crippen LogP contribution in [0.3, 0.4) is 0 Å². The van der Waals surface area contributed by atoms with Crippen LogP contribution in [-0.4, -0.2) is 0 Å². The van der Waals surface area contributed by atoms with Crippen molar-refractivity contribution < 1.29 is 0 Å². The summed E-state index contributed by atoms with van der Waals surface area (Å²) in [7, 11) is 0. The molecule has 0 heteroatoms. The van der Waals surface area contributed by atoms with E-state index in [2.05, 4.69) is 85.7 Å². The Morgan fingerprint density at radius 1 is 1.04 bits per heavy atom. The summed E-state index contributed by atoms with van der Waals surface area (Å²) in [6.07, 6.45) is 12.5. The van der Waals surface area contributed by atoms with Crippen LogP contribution in [0.25, 0.3) is 5.57 Å². The van der Waals surface area contributed by atoms with Crippen LogP contribution in [0, 0.1) is 5.92 Å². The highest BCUT2D eigenvalue weighted by Crippen LogP contribution is 2.46. The van der Waals surface area contributed by atoms with Gasteiger partial charge < -0.3 is 0 Å². The second kappa shape index (κ2) is 8.80. The Hall–Kier alpha value is -1.30. The van der Waals surface area contributed by atoms with E-state index in [1.807, 2.05) is 0 Å². The van der Waals surface area contributed by atoms with Gasteiger partial charge in [-0.3, -0.25) is 0 Å². The summed E-state index contributed by atoms with van der Waals surface area (Å²) in [4.78, 5) is 0. The number of hydrogen-bond donors (Lipinski definition) is 0. The molecule has 27 heavy (non-hydrogen) atoms. The van der Waals surface area contributed by atoms with Gasteiger partial charge in [0.2, 0.25) is 0 Å². The zero-order valence-electron chi connectivity index (χ0n) is 19.2. The lowest BCUT2D eigenvalue weighted by atomic mass is 9.63. The van der Waals surface area contributed by atoms with Gasteiger partial charge in [-0.05, 0) is 78.5 Å². The molecule has 1 aromatic rings. The van der Waals surface area contributed by atoms with E-state index >= 15 is 0 Å². The molecule has 0 aliphatic heterocycles. The fourth-order valence-corrected chi connectivity index (χ4v) is 4.67. The van der Waals surface area contributed by atoms with Gasteiger partial charge in [-0.2, -0.15) is 0 Å². The van der Waals surface area contributed by atoms with E-state index in [0.29, 0.717) is 11.3 Å². The van der Waals surface area contributed by atoms with Gasteiger partial charge in [0.05, 0.1) is 0 Å². The van der Waals surface area contributed by atoms with Crippen molar-refractivity contribution in [3.8, 4) is 0 Å². The molecule has 0 amide bonds. The molecule has 1 atom stereocenters. The first-order valence-corrected chi connectivity index (χ1v) is 11.2. The monoisotopic (exact) mass is 366 g/mol.